The van der Waals surface area contributed by atoms with Gasteiger partial charge in [0.05, 0.1) is 12.2 Å². The topological polar surface area (TPSA) is 74.3 Å². The minimum atomic E-state index is -0.193. The highest BCUT2D eigenvalue weighted by Gasteiger charge is 2.32. The number of hydrogen-bond donors (Lipinski definition) is 2. The van der Waals surface area contributed by atoms with Crippen LogP contribution in [0, 0.1) is 12.8 Å². The number of likely N-dealkylation sites (tertiary alicyclic amines) is 1. The van der Waals surface area contributed by atoms with Crippen molar-refractivity contribution in [2.75, 3.05) is 13.1 Å². The molecular weight excluding hydrogens is 316 g/mol. The van der Waals surface area contributed by atoms with Gasteiger partial charge in [-0.05, 0) is 37.8 Å². The van der Waals surface area contributed by atoms with E-state index in [1.54, 1.807) is 6.20 Å². The number of urea groups is 1. The number of aryl methyl sites for hydroxylation is 1. The Kier molecular flexibility index (Phi) is 5.89. The van der Waals surface area contributed by atoms with E-state index in [2.05, 4.69) is 15.6 Å². The summed E-state index contributed by atoms with van der Waals surface area (Å²) >= 11 is 0. The first kappa shape index (κ1) is 17.7. The van der Waals surface area contributed by atoms with Crippen LogP contribution in [0.2, 0.25) is 0 Å². The Hall–Kier alpha value is -2.11. The first-order valence-corrected chi connectivity index (χ1v) is 9.37. The molecule has 0 aromatic carbocycles. The van der Waals surface area contributed by atoms with Gasteiger partial charge < -0.3 is 15.5 Å². The van der Waals surface area contributed by atoms with Gasteiger partial charge in [0.1, 0.15) is 0 Å². The molecule has 0 bridgehead atoms. The fourth-order valence-corrected chi connectivity index (χ4v) is 3.79. The molecule has 3 amide bonds. The van der Waals surface area contributed by atoms with E-state index in [0.29, 0.717) is 13.1 Å². The zero-order chi connectivity index (χ0) is 17.6. The third-order valence-electron chi connectivity index (χ3n) is 5.32. The van der Waals surface area contributed by atoms with Gasteiger partial charge in [0, 0.05) is 31.2 Å². The normalized spacial score (nSPS) is 21.2. The fourth-order valence-electron chi connectivity index (χ4n) is 3.79. The van der Waals surface area contributed by atoms with Crippen molar-refractivity contribution in [3.05, 3.63) is 29.6 Å². The van der Waals surface area contributed by atoms with Crippen LogP contribution in [-0.2, 0) is 11.3 Å². The Labute approximate surface area is 149 Å². The quantitative estimate of drug-likeness (QED) is 0.880. The van der Waals surface area contributed by atoms with Crippen LogP contribution in [0.4, 0.5) is 4.79 Å². The summed E-state index contributed by atoms with van der Waals surface area (Å²) in [7, 11) is 0. The minimum Gasteiger partial charge on any atom is -0.340 e. The average Bonchev–Trinajstić information content (AvgIpc) is 3.09. The lowest BCUT2D eigenvalue weighted by molar-refractivity contribution is -0.135. The van der Waals surface area contributed by atoms with E-state index in [1.807, 2.05) is 24.0 Å². The molecule has 3 rings (SSSR count). The van der Waals surface area contributed by atoms with E-state index < -0.39 is 0 Å². The van der Waals surface area contributed by atoms with Crippen molar-refractivity contribution in [1.29, 1.82) is 0 Å². The molecule has 2 fully saturated rings. The van der Waals surface area contributed by atoms with Crippen molar-refractivity contribution >= 4 is 11.9 Å². The van der Waals surface area contributed by atoms with Gasteiger partial charge in [0.15, 0.2) is 0 Å². The average molecular weight is 344 g/mol. The first-order chi connectivity index (χ1) is 12.1. The smallest absolute Gasteiger partial charge is 0.315 e. The third-order valence-corrected chi connectivity index (χ3v) is 5.32. The number of carbonyl (C=O) groups excluding carboxylic acids is 2. The molecule has 25 heavy (non-hydrogen) atoms. The van der Waals surface area contributed by atoms with Gasteiger partial charge in [-0.15, -0.1) is 0 Å². The molecule has 1 atom stereocenters. The molecule has 2 heterocycles. The molecule has 1 saturated heterocycles. The zero-order valence-corrected chi connectivity index (χ0v) is 15.0. The Morgan fingerprint density at radius 3 is 2.80 bits per heavy atom. The van der Waals surface area contributed by atoms with Gasteiger partial charge >= 0.3 is 6.03 Å². The minimum absolute atomic E-state index is 0.0392. The van der Waals surface area contributed by atoms with Gasteiger partial charge in [-0.2, -0.15) is 0 Å². The summed E-state index contributed by atoms with van der Waals surface area (Å²) < 4.78 is 0. The lowest BCUT2D eigenvalue weighted by atomic mass is 9.88. The molecule has 0 spiro atoms. The maximum Gasteiger partial charge on any atom is 0.315 e. The van der Waals surface area contributed by atoms with E-state index in [-0.39, 0.29) is 23.9 Å². The first-order valence-electron chi connectivity index (χ1n) is 9.37. The predicted molar refractivity (Wildman–Crippen MR) is 95.9 cm³/mol. The molecule has 136 valence electrons. The molecule has 1 aromatic rings. The van der Waals surface area contributed by atoms with Gasteiger partial charge in [-0.1, -0.05) is 25.3 Å². The van der Waals surface area contributed by atoms with Crippen molar-refractivity contribution in [2.24, 2.45) is 5.92 Å². The van der Waals surface area contributed by atoms with Crippen molar-refractivity contribution in [3.63, 3.8) is 0 Å². The van der Waals surface area contributed by atoms with Crippen LogP contribution in [0.25, 0.3) is 0 Å². The molecule has 1 aliphatic carbocycles. The maximum absolute atomic E-state index is 12.6. The van der Waals surface area contributed by atoms with E-state index >= 15 is 0 Å². The van der Waals surface area contributed by atoms with E-state index in [9.17, 15) is 9.59 Å². The molecule has 1 saturated carbocycles. The van der Waals surface area contributed by atoms with E-state index in [1.165, 1.54) is 19.3 Å². The Morgan fingerprint density at radius 1 is 1.24 bits per heavy atom. The van der Waals surface area contributed by atoms with Crippen LogP contribution >= 0.6 is 0 Å². The molecule has 2 N–H and O–H groups in total. The van der Waals surface area contributed by atoms with Gasteiger partial charge in [0.2, 0.25) is 5.91 Å². The van der Waals surface area contributed by atoms with Crippen LogP contribution in [0.5, 0.6) is 0 Å². The summed E-state index contributed by atoms with van der Waals surface area (Å²) in [5.41, 5.74) is 1.94. The second-order valence-corrected chi connectivity index (χ2v) is 7.20. The summed E-state index contributed by atoms with van der Waals surface area (Å²) in [6.07, 6.45) is 8.20. The SMILES string of the molecule is Cc1cccnc1CNC(=O)N[C@@H]1CCN(C(=O)C2CCCCC2)C1. The molecular formula is C19H28N4O2. The third kappa shape index (κ3) is 4.71. The summed E-state index contributed by atoms with van der Waals surface area (Å²) in [6.45, 7) is 3.77. The number of rotatable bonds is 4. The Morgan fingerprint density at radius 2 is 2.04 bits per heavy atom. The molecule has 6 nitrogen and oxygen atoms in total. The zero-order valence-electron chi connectivity index (χ0n) is 15.0. The van der Waals surface area contributed by atoms with Crippen LogP contribution in [0.15, 0.2) is 18.3 Å². The molecule has 6 heteroatoms. The van der Waals surface area contributed by atoms with Gasteiger partial charge in [-0.25, -0.2) is 4.79 Å². The van der Waals surface area contributed by atoms with Gasteiger partial charge in [0.25, 0.3) is 0 Å². The summed E-state index contributed by atoms with van der Waals surface area (Å²) in [5.74, 6) is 0.488. The largest absolute Gasteiger partial charge is 0.340 e. The number of nitrogens with zero attached hydrogens (tertiary/aromatic N) is 2. The highest BCUT2D eigenvalue weighted by Crippen LogP contribution is 2.26. The fraction of sp³-hybridized carbons (Fsp3) is 0.632. The molecule has 0 radical (unpaired) electrons. The van der Waals surface area contributed by atoms with E-state index in [0.717, 1.165) is 37.1 Å². The predicted octanol–water partition coefficient (Wildman–Crippen LogP) is 2.37. The second-order valence-electron chi connectivity index (χ2n) is 7.20. The van der Waals surface area contributed by atoms with Crippen LogP contribution < -0.4 is 10.6 Å². The summed E-state index contributed by atoms with van der Waals surface area (Å²) in [6, 6.07) is 3.71. The molecule has 0 unspecified atom stereocenters. The highest BCUT2D eigenvalue weighted by molar-refractivity contribution is 5.79. The van der Waals surface area contributed by atoms with Crippen LogP contribution in [-0.4, -0.2) is 41.0 Å². The Bertz CT molecular complexity index is 613. The number of carbonyl (C=O) groups is 2. The Balaban J connectivity index is 1.42. The highest BCUT2D eigenvalue weighted by atomic mass is 16.2. The summed E-state index contributed by atoms with van der Waals surface area (Å²) in [5, 5.41) is 5.84. The van der Waals surface area contributed by atoms with Crippen molar-refractivity contribution in [2.45, 2.75) is 58.0 Å². The number of aromatic nitrogens is 1. The van der Waals surface area contributed by atoms with Crippen LogP contribution in [0.1, 0.15) is 49.8 Å². The molecule has 1 aliphatic heterocycles. The van der Waals surface area contributed by atoms with Crippen molar-refractivity contribution in [1.82, 2.24) is 20.5 Å². The number of pyridine rings is 1. The summed E-state index contributed by atoms with van der Waals surface area (Å²) in [4.78, 5) is 30.9. The number of amides is 3. The second kappa shape index (κ2) is 8.32. The van der Waals surface area contributed by atoms with Crippen molar-refractivity contribution < 1.29 is 9.59 Å². The van der Waals surface area contributed by atoms with Crippen LogP contribution in [0.3, 0.4) is 0 Å². The standard InChI is InChI=1S/C19H28N4O2/c1-14-6-5-10-20-17(14)12-21-19(25)22-16-9-11-23(13-16)18(24)15-7-3-2-4-8-15/h5-6,10,15-16H,2-4,7-9,11-13H2,1H3,(H2,21,22,25)/t16-/m1/s1. The van der Waals surface area contributed by atoms with E-state index in [4.69, 9.17) is 0 Å². The number of hydrogen-bond acceptors (Lipinski definition) is 3. The van der Waals surface area contributed by atoms with Crippen molar-refractivity contribution in [3.8, 4) is 0 Å². The monoisotopic (exact) mass is 344 g/mol. The lowest BCUT2D eigenvalue weighted by Gasteiger charge is -2.26. The molecule has 2 aliphatic rings. The van der Waals surface area contributed by atoms with Gasteiger partial charge in [-0.3, -0.25) is 9.78 Å². The lowest BCUT2D eigenvalue weighted by Crippen LogP contribution is -2.44. The maximum atomic E-state index is 12.6. The molecule has 1 aromatic heterocycles. The number of nitrogens with one attached hydrogen (secondary N) is 2.